The summed E-state index contributed by atoms with van der Waals surface area (Å²) in [6.07, 6.45) is 0. The number of methoxy groups -OCH3 is 1. The predicted octanol–water partition coefficient (Wildman–Crippen LogP) is 0.876. The fourth-order valence-corrected chi connectivity index (χ4v) is 5.14. The van der Waals surface area contributed by atoms with Crippen molar-refractivity contribution in [1.82, 2.24) is 4.31 Å². The number of hydrogen-bond donors (Lipinski definition) is 1. The second-order valence-corrected chi connectivity index (χ2v) is 8.10. The van der Waals surface area contributed by atoms with E-state index in [1.54, 1.807) is 6.92 Å². The van der Waals surface area contributed by atoms with Crippen molar-refractivity contribution < 1.29 is 27.9 Å². The van der Waals surface area contributed by atoms with Crippen LogP contribution < -0.4 is 0 Å². The zero-order valence-electron chi connectivity index (χ0n) is 11.5. The highest BCUT2D eigenvalue weighted by atomic mass is 32.2. The summed E-state index contributed by atoms with van der Waals surface area (Å²) < 4.78 is 30.8. The zero-order chi connectivity index (χ0) is 15.8. The van der Waals surface area contributed by atoms with Crippen LogP contribution in [0.25, 0.3) is 0 Å². The Balaban J connectivity index is 2.24. The summed E-state index contributed by atoms with van der Waals surface area (Å²) in [7, 11) is -2.51. The van der Waals surface area contributed by atoms with E-state index in [1.807, 2.05) is 0 Å². The molecule has 0 radical (unpaired) electrons. The lowest BCUT2D eigenvalue weighted by atomic mass is 9.99. The fraction of sp³-hybridized carbons (Fsp3) is 0.500. The molecule has 1 aliphatic rings. The molecule has 2 atom stereocenters. The van der Waals surface area contributed by atoms with Crippen LogP contribution >= 0.6 is 11.3 Å². The van der Waals surface area contributed by atoms with Crippen LogP contribution in [0.5, 0.6) is 0 Å². The van der Waals surface area contributed by atoms with Crippen LogP contribution in [0.1, 0.15) is 16.6 Å². The van der Waals surface area contributed by atoms with Crippen LogP contribution in [0, 0.1) is 11.8 Å². The largest absolute Gasteiger partial charge is 0.477 e. The van der Waals surface area contributed by atoms with E-state index in [4.69, 9.17) is 5.11 Å². The zero-order valence-corrected chi connectivity index (χ0v) is 13.1. The van der Waals surface area contributed by atoms with Gasteiger partial charge in [-0.3, -0.25) is 4.79 Å². The molecule has 2 rings (SSSR count). The molecule has 2 unspecified atom stereocenters. The molecule has 116 valence electrons. The van der Waals surface area contributed by atoms with Gasteiger partial charge < -0.3 is 9.84 Å². The molecule has 0 amide bonds. The summed E-state index contributed by atoms with van der Waals surface area (Å²) in [4.78, 5) is 22.4. The van der Waals surface area contributed by atoms with E-state index in [0.29, 0.717) is 11.3 Å². The minimum Gasteiger partial charge on any atom is -0.477 e. The molecule has 2 heterocycles. The Morgan fingerprint density at radius 2 is 2.05 bits per heavy atom. The van der Waals surface area contributed by atoms with E-state index in [-0.39, 0.29) is 28.1 Å². The van der Waals surface area contributed by atoms with Crippen LogP contribution in [0.4, 0.5) is 0 Å². The summed E-state index contributed by atoms with van der Waals surface area (Å²) in [5.74, 6) is -2.24. The topological polar surface area (TPSA) is 101 Å². The number of aromatic carboxylic acids is 1. The van der Waals surface area contributed by atoms with Crippen LogP contribution in [-0.4, -0.2) is 50.0 Å². The standard InChI is InChI=1S/C12H15NO6S2/c1-7-5-13(6-8(7)12(16)19-2)21(17,18)10-4-3-9(20-10)11(14)15/h3-4,7-8H,5-6H2,1-2H3,(H,14,15). The van der Waals surface area contributed by atoms with Crippen molar-refractivity contribution in [3.8, 4) is 0 Å². The molecule has 7 nitrogen and oxygen atoms in total. The molecule has 0 bridgehead atoms. The quantitative estimate of drug-likeness (QED) is 0.821. The summed E-state index contributed by atoms with van der Waals surface area (Å²) >= 11 is 0.706. The first-order valence-corrected chi connectivity index (χ1v) is 8.44. The van der Waals surface area contributed by atoms with Crippen molar-refractivity contribution in [2.24, 2.45) is 11.8 Å². The van der Waals surface area contributed by atoms with Crippen molar-refractivity contribution in [2.75, 3.05) is 20.2 Å². The predicted molar refractivity (Wildman–Crippen MR) is 74.7 cm³/mol. The van der Waals surface area contributed by atoms with Gasteiger partial charge in [-0.15, -0.1) is 11.3 Å². The first-order chi connectivity index (χ1) is 9.77. The fourth-order valence-electron chi connectivity index (χ4n) is 2.28. The van der Waals surface area contributed by atoms with Crippen LogP contribution in [0.3, 0.4) is 0 Å². The lowest BCUT2D eigenvalue weighted by Crippen LogP contribution is -2.29. The Kier molecular flexibility index (Phi) is 4.35. The van der Waals surface area contributed by atoms with E-state index in [9.17, 15) is 18.0 Å². The van der Waals surface area contributed by atoms with Gasteiger partial charge in [0.25, 0.3) is 10.0 Å². The number of carbonyl (C=O) groups is 2. The lowest BCUT2D eigenvalue weighted by Gasteiger charge is -2.14. The normalized spacial score (nSPS) is 23.1. The van der Waals surface area contributed by atoms with Gasteiger partial charge in [0.1, 0.15) is 9.09 Å². The number of hydrogen-bond acceptors (Lipinski definition) is 6. The maximum absolute atomic E-state index is 12.5. The molecule has 9 heteroatoms. The van der Waals surface area contributed by atoms with Gasteiger partial charge in [0, 0.05) is 13.1 Å². The maximum atomic E-state index is 12.5. The molecule has 0 spiro atoms. The smallest absolute Gasteiger partial charge is 0.345 e. The van der Waals surface area contributed by atoms with Gasteiger partial charge in [0.15, 0.2) is 0 Å². The van der Waals surface area contributed by atoms with Gasteiger partial charge in [-0.05, 0) is 18.1 Å². The number of nitrogens with zero attached hydrogens (tertiary/aromatic N) is 1. The van der Waals surface area contributed by atoms with E-state index in [1.165, 1.54) is 23.5 Å². The highest BCUT2D eigenvalue weighted by molar-refractivity contribution is 7.91. The molecule has 0 saturated carbocycles. The SMILES string of the molecule is COC(=O)C1CN(S(=O)(=O)c2ccc(C(=O)O)s2)CC1C. The van der Waals surface area contributed by atoms with Gasteiger partial charge in [-0.25, -0.2) is 13.2 Å². The van der Waals surface area contributed by atoms with E-state index in [0.717, 1.165) is 0 Å². The van der Waals surface area contributed by atoms with Crippen molar-refractivity contribution in [1.29, 1.82) is 0 Å². The molecule has 0 aliphatic carbocycles. The maximum Gasteiger partial charge on any atom is 0.345 e. The van der Waals surface area contributed by atoms with E-state index < -0.39 is 27.9 Å². The Labute approximate surface area is 126 Å². The summed E-state index contributed by atoms with van der Waals surface area (Å²) in [6, 6.07) is 2.54. The number of carboxylic acid groups (broad SMARTS) is 1. The third-order valence-corrected chi connectivity index (χ3v) is 6.84. The van der Waals surface area contributed by atoms with Gasteiger partial charge >= 0.3 is 11.9 Å². The summed E-state index contributed by atoms with van der Waals surface area (Å²) in [5.41, 5.74) is 0. The highest BCUT2D eigenvalue weighted by Crippen LogP contribution is 2.32. The highest BCUT2D eigenvalue weighted by Gasteiger charge is 2.41. The van der Waals surface area contributed by atoms with Crippen LogP contribution in [0.2, 0.25) is 0 Å². The van der Waals surface area contributed by atoms with Crippen LogP contribution in [-0.2, 0) is 19.6 Å². The number of ether oxygens (including phenoxy) is 1. The first kappa shape index (κ1) is 15.9. The summed E-state index contributed by atoms with van der Waals surface area (Å²) in [5, 5.41) is 8.86. The molecule has 1 aromatic heterocycles. The Morgan fingerprint density at radius 1 is 1.38 bits per heavy atom. The molecule has 0 aromatic carbocycles. The molecular formula is C12H15NO6S2. The lowest BCUT2D eigenvalue weighted by molar-refractivity contribution is -0.145. The van der Waals surface area contributed by atoms with Crippen LogP contribution in [0.15, 0.2) is 16.3 Å². The van der Waals surface area contributed by atoms with Crippen molar-refractivity contribution in [2.45, 2.75) is 11.1 Å². The average molecular weight is 333 g/mol. The molecule has 21 heavy (non-hydrogen) atoms. The molecular weight excluding hydrogens is 318 g/mol. The van der Waals surface area contributed by atoms with Crippen molar-refractivity contribution in [3.63, 3.8) is 0 Å². The molecule has 1 N–H and O–H groups in total. The van der Waals surface area contributed by atoms with Gasteiger partial charge in [-0.1, -0.05) is 6.92 Å². The Bertz CT molecular complexity index is 665. The van der Waals surface area contributed by atoms with Crippen molar-refractivity contribution in [3.05, 3.63) is 17.0 Å². The Hall–Kier alpha value is -1.45. The minimum absolute atomic E-state index is 0.0300. The van der Waals surface area contributed by atoms with Gasteiger partial charge in [-0.2, -0.15) is 4.31 Å². The number of sulfonamides is 1. The number of carbonyl (C=O) groups excluding carboxylic acids is 1. The number of rotatable bonds is 4. The van der Waals surface area contributed by atoms with Gasteiger partial charge in [0.2, 0.25) is 0 Å². The number of carboxylic acids is 1. The second-order valence-electron chi connectivity index (χ2n) is 4.85. The second kappa shape index (κ2) is 5.74. The summed E-state index contributed by atoms with van der Waals surface area (Å²) in [6.45, 7) is 2.05. The third-order valence-electron chi connectivity index (χ3n) is 3.47. The molecule has 1 aromatic rings. The number of esters is 1. The third kappa shape index (κ3) is 2.94. The number of thiophene rings is 1. The average Bonchev–Trinajstić information content (AvgIpc) is 3.04. The van der Waals surface area contributed by atoms with E-state index in [2.05, 4.69) is 4.74 Å². The minimum atomic E-state index is -3.78. The first-order valence-electron chi connectivity index (χ1n) is 6.18. The monoisotopic (exact) mass is 333 g/mol. The van der Waals surface area contributed by atoms with E-state index >= 15 is 0 Å². The molecule has 1 aliphatic heterocycles. The molecule has 1 saturated heterocycles. The van der Waals surface area contributed by atoms with Gasteiger partial charge in [0.05, 0.1) is 13.0 Å². The molecule has 1 fully saturated rings. The Morgan fingerprint density at radius 3 is 2.57 bits per heavy atom. The van der Waals surface area contributed by atoms with Crippen molar-refractivity contribution >= 4 is 33.3 Å².